The second-order valence-electron chi connectivity index (χ2n) is 4.17. The number of rotatable bonds is 3. The van der Waals surface area contributed by atoms with Crippen molar-refractivity contribution in [2.75, 3.05) is 0 Å². The molecule has 1 aliphatic rings. The number of thiophene rings is 1. The van der Waals surface area contributed by atoms with Crippen molar-refractivity contribution in [2.24, 2.45) is 5.73 Å². The third-order valence-corrected chi connectivity index (χ3v) is 3.98. The van der Waals surface area contributed by atoms with Crippen LogP contribution in [0.15, 0.2) is 17.5 Å². The largest absolute Gasteiger partial charge is 0.328 e. The van der Waals surface area contributed by atoms with Gasteiger partial charge in [0.1, 0.15) is 0 Å². The van der Waals surface area contributed by atoms with Crippen molar-refractivity contribution in [3.05, 3.63) is 22.4 Å². The molecule has 0 bridgehead atoms. The highest BCUT2D eigenvalue weighted by molar-refractivity contribution is 7.10. The molecular weight excluding hydrogens is 192 g/mol. The Morgan fingerprint density at radius 1 is 1.57 bits per heavy atom. The zero-order chi connectivity index (χ0) is 9.97. The molecule has 1 saturated carbocycles. The van der Waals surface area contributed by atoms with Gasteiger partial charge in [0.25, 0.3) is 0 Å². The summed E-state index contributed by atoms with van der Waals surface area (Å²) in [6.07, 6.45) is 3.54. The van der Waals surface area contributed by atoms with Crippen molar-refractivity contribution in [3.63, 3.8) is 0 Å². The van der Waals surface area contributed by atoms with Crippen molar-refractivity contribution >= 4 is 11.3 Å². The van der Waals surface area contributed by atoms with E-state index >= 15 is 0 Å². The van der Waals surface area contributed by atoms with Gasteiger partial charge in [-0.1, -0.05) is 6.07 Å². The Kier molecular flexibility index (Phi) is 3.21. The fourth-order valence-electron chi connectivity index (χ4n) is 2.14. The van der Waals surface area contributed by atoms with Crippen molar-refractivity contribution in [3.8, 4) is 0 Å². The van der Waals surface area contributed by atoms with Crippen LogP contribution in [0, 0.1) is 0 Å². The molecule has 1 aliphatic carbocycles. The molecule has 2 rings (SSSR count). The van der Waals surface area contributed by atoms with E-state index in [1.165, 1.54) is 17.7 Å². The molecule has 1 fully saturated rings. The molecule has 0 spiro atoms. The molecule has 1 aromatic rings. The normalized spacial score (nSPS) is 29.3. The molecule has 0 amide bonds. The van der Waals surface area contributed by atoms with Crippen LogP contribution in [0.5, 0.6) is 0 Å². The Balaban J connectivity index is 1.86. The summed E-state index contributed by atoms with van der Waals surface area (Å²) in [5, 5.41) is 5.77. The Labute approximate surface area is 89.5 Å². The van der Waals surface area contributed by atoms with E-state index in [-0.39, 0.29) is 0 Å². The van der Waals surface area contributed by atoms with E-state index in [9.17, 15) is 0 Å². The highest BCUT2D eigenvalue weighted by atomic mass is 32.1. The minimum Gasteiger partial charge on any atom is -0.328 e. The van der Waals surface area contributed by atoms with E-state index in [0.29, 0.717) is 18.1 Å². The summed E-state index contributed by atoms with van der Waals surface area (Å²) < 4.78 is 0. The summed E-state index contributed by atoms with van der Waals surface area (Å²) in [6, 6.07) is 5.82. The summed E-state index contributed by atoms with van der Waals surface area (Å²) in [5.74, 6) is 0. The third kappa shape index (κ3) is 2.35. The minimum absolute atomic E-state index is 0.419. The molecule has 0 radical (unpaired) electrons. The maximum Gasteiger partial charge on any atom is 0.0388 e. The highest BCUT2D eigenvalue weighted by Crippen LogP contribution is 2.23. The predicted molar refractivity (Wildman–Crippen MR) is 61.5 cm³/mol. The molecule has 0 saturated heterocycles. The van der Waals surface area contributed by atoms with Crippen LogP contribution in [0.2, 0.25) is 0 Å². The molecule has 1 heterocycles. The van der Waals surface area contributed by atoms with E-state index in [1.54, 1.807) is 0 Å². The fourth-order valence-corrected chi connectivity index (χ4v) is 2.88. The minimum atomic E-state index is 0.419. The Morgan fingerprint density at radius 3 is 3.00 bits per heavy atom. The molecule has 0 aromatic carbocycles. The number of hydrogen-bond donors (Lipinski definition) is 2. The van der Waals surface area contributed by atoms with E-state index in [1.807, 2.05) is 11.3 Å². The van der Waals surface area contributed by atoms with Crippen molar-refractivity contribution in [1.29, 1.82) is 0 Å². The van der Waals surface area contributed by atoms with Gasteiger partial charge in [-0.05, 0) is 37.6 Å². The third-order valence-electron chi connectivity index (χ3n) is 2.93. The van der Waals surface area contributed by atoms with Crippen LogP contribution in [0.25, 0.3) is 0 Å². The van der Waals surface area contributed by atoms with Crippen LogP contribution >= 0.6 is 11.3 Å². The molecule has 3 atom stereocenters. The van der Waals surface area contributed by atoms with Gasteiger partial charge in [-0.15, -0.1) is 11.3 Å². The topological polar surface area (TPSA) is 38.0 Å². The molecule has 3 N–H and O–H groups in total. The number of nitrogens with one attached hydrogen (secondary N) is 1. The highest BCUT2D eigenvalue weighted by Gasteiger charge is 2.23. The Hall–Kier alpha value is -0.380. The lowest BCUT2D eigenvalue weighted by Crippen LogP contribution is -2.30. The smallest absolute Gasteiger partial charge is 0.0388 e. The van der Waals surface area contributed by atoms with Crippen LogP contribution in [0.4, 0.5) is 0 Å². The van der Waals surface area contributed by atoms with Crippen LogP contribution in [0.1, 0.15) is 37.1 Å². The van der Waals surface area contributed by atoms with Gasteiger partial charge in [0.2, 0.25) is 0 Å². The standard InChI is InChI=1S/C11H18N2S/c1-8(11-3-2-6-14-11)13-10-5-4-9(12)7-10/h2-3,6,8-10,13H,4-5,7,12H2,1H3. The van der Waals surface area contributed by atoms with Crippen molar-refractivity contribution in [2.45, 2.75) is 44.3 Å². The lowest BCUT2D eigenvalue weighted by Gasteiger charge is -2.18. The van der Waals surface area contributed by atoms with Gasteiger partial charge in [-0.2, -0.15) is 0 Å². The molecule has 78 valence electrons. The first kappa shape index (κ1) is 10.1. The summed E-state index contributed by atoms with van der Waals surface area (Å²) in [6.45, 7) is 2.23. The van der Waals surface area contributed by atoms with Crippen LogP contribution in [0.3, 0.4) is 0 Å². The zero-order valence-electron chi connectivity index (χ0n) is 8.57. The maximum absolute atomic E-state index is 5.88. The zero-order valence-corrected chi connectivity index (χ0v) is 9.39. The molecule has 3 heteroatoms. The SMILES string of the molecule is CC(NC1CCC(N)C1)c1cccs1. The van der Waals surface area contributed by atoms with Gasteiger partial charge in [-0.25, -0.2) is 0 Å². The quantitative estimate of drug-likeness (QED) is 0.803. The average molecular weight is 210 g/mol. The second kappa shape index (κ2) is 4.43. The lowest BCUT2D eigenvalue weighted by atomic mass is 10.2. The maximum atomic E-state index is 5.88. The van der Waals surface area contributed by atoms with E-state index in [2.05, 4.69) is 29.8 Å². The number of nitrogens with two attached hydrogens (primary N) is 1. The van der Waals surface area contributed by atoms with Crippen LogP contribution in [-0.4, -0.2) is 12.1 Å². The summed E-state index contributed by atoms with van der Waals surface area (Å²) >= 11 is 1.82. The molecule has 14 heavy (non-hydrogen) atoms. The molecular formula is C11H18N2S. The van der Waals surface area contributed by atoms with Gasteiger partial charge >= 0.3 is 0 Å². The van der Waals surface area contributed by atoms with Crippen LogP contribution in [-0.2, 0) is 0 Å². The van der Waals surface area contributed by atoms with Gasteiger partial charge in [0, 0.05) is 23.0 Å². The first-order valence-electron chi connectivity index (χ1n) is 5.30. The average Bonchev–Trinajstić information content (AvgIpc) is 2.75. The fraction of sp³-hybridized carbons (Fsp3) is 0.636. The Morgan fingerprint density at radius 2 is 2.43 bits per heavy atom. The molecule has 2 nitrogen and oxygen atoms in total. The second-order valence-corrected chi connectivity index (χ2v) is 5.15. The summed E-state index contributed by atoms with van der Waals surface area (Å²) in [5.41, 5.74) is 5.88. The van der Waals surface area contributed by atoms with E-state index < -0.39 is 0 Å². The van der Waals surface area contributed by atoms with Crippen LogP contribution < -0.4 is 11.1 Å². The van der Waals surface area contributed by atoms with E-state index in [4.69, 9.17) is 5.73 Å². The molecule has 3 unspecified atom stereocenters. The van der Waals surface area contributed by atoms with Crippen molar-refractivity contribution in [1.82, 2.24) is 5.32 Å². The van der Waals surface area contributed by atoms with Gasteiger partial charge in [-0.3, -0.25) is 0 Å². The Bertz CT molecular complexity index is 271. The lowest BCUT2D eigenvalue weighted by molar-refractivity contribution is 0.461. The van der Waals surface area contributed by atoms with Gasteiger partial charge in [0.15, 0.2) is 0 Å². The monoisotopic (exact) mass is 210 g/mol. The van der Waals surface area contributed by atoms with Crippen molar-refractivity contribution < 1.29 is 0 Å². The van der Waals surface area contributed by atoms with Gasteiger partial charge in [0.05, 0.1) is 0 Å². The summed E-state index contributed by atoms with van der Waals surface area (Å²) in [7, 11) is 0. The molecule has 1 aromatic heterocycles. The number of hydrogen-bond acceptors (Lipinski definition) is 3. The van der Waals surface area contributed by atoms with Gasteiger partial charge < -0.3 is 11.1 Å². The first-order chi connectivity index (χ1) is 6.75. The summed E-state index contributed by atoms with van der Waals surface area (Å²) in [4.78, 5) is 1.42. The first-order valence-corrected chi connectivity index (χ1v) is 6.18. The van der Waals surface area contributed by atoms with E-state index in [0.717, 1.165) is 6.42 Å². The predicted octanol–water partition coefficient (Wildman–Crippen LogP) is 2.28. The molecule has 0 aliphatic heterocycles.